The maximum absolute atomic E-state index is 13.9. The highest BCUT2D eigenvalue weighted by Crippen LogP contribution is 2.24. The molecule has 26 heavy (non-hydrogen) atoms. The van der Waals surface area contributed by atoms with Crippen molar-refractivity contribution in [2.45, 2.75) is 32.7 Å². The average molecular weight is 375 g/mol. The van der Waals surface area contributed by atoms with Crippen LogP contribution in [0.25, 0.3) is 0 Å². The smallest absolute Gasteiger partial charge is 0.227 e. The van der Waals surface area contributed by atoms with Crippen molar-refractivity contribution in [3.63, 3.8) is 0 Å². The highest BCUT2D eigenvalue weighted by atomic mass is 35.5. The molecule has 1 amide bonds. The lowest BCUT2D eigenvalue weighted by atomic mass is 9.95. The minimum atomic E-state index is -0.270. The van der Waals surface area contributed by atoms with E-state index in [4.69, 9.17) is 11.6 Å². The molecule has 138 valence electrons. The molecule has 0 spiro atoms. The van der Waals surface area contributed by atoms with Crippen LogP contribution in [-0.2, 0) is 17.8 Å². The van der Waals surface area contributed by atoms with Crippen LogP contribution in [0.2, 0.25) is 5.02 Å². The third kappa shape index (κ3) is 4.63. The number of halogens is 2. The zero-order valence-electron chi connectivity index (χ0n) is 15.0. The van der Waals surface area contributed by atoms with Crippen molar-refractivity contribution in [1.29, 1.82) is 0 Å². The van der Waals surface area contributed by atoms with Gasteiger partial charge in [0.2, 0.25) is 5.91 Å². The number of carbonyl (C=O) groups is 1. The summed E-state index contributed by atoms with van der Waals surface area (Å²) in [6.07, 6.45) is 2.46. The number of piperidine rings is 1. The van der Waals surface area contributed by atoms with Crippen LogP contribution in [0.1, 0.15) is 30.9 Å². The van der Waals surface area contributed by atoms with Gasteiger partial charge in [-0.3, -0.25) is 9.69 Å². The van der Waals surface area contributed by atoms with E-state index in [1.165, 1.54) is 6.07 Å². The second-order valence-electron chi connectivity index (χ2n) is 6.79. The van der Waals surface area contributed by atoms with E-state index in [1.54, 1.807) is 12.1 Å². The van der Waals surface area contributed by atoms with Gasteiger partial charge in [0.05, 0.1) is 0 Å². The number of para-hydroxylation sites is 1. The molecule has 1 aliphatic heterocycles. The van der Waals surface area contributed by atoms with Crippen molar-refractivity contribution < 1.29 is 9.18 Å². The minimum absolute atomic E-state index is 0.00577. The lowest BCUT2D eigenvalue weighted by molar-refractivity contribution is -0.121. The number of rotatable bonds is 5. The van der Waals surface area contributed by atoms with Crippen LogP contribution in [0.3, 0.4) is 0 Å². The Bertz CT molecular complexity index is 772. The molecule has 1 aliphatic rings. The van der Waals surface area contributed by atoms with Crippen LogP contribution < -0.4 is 5.32 Å². The van der Waals surface area contributed by atoms with E-state index < -0.39 is 0 Å². The molecule has 0 aromatic heterocycles. The molecule has 0 unspecified atom stereocenters. The van der Waals surface area contributed by atoms with Crippen LogP contribution in [0, 0.1) is 11.7 Å². The molecule has 2 aromatic rings. The summed E-state index contributed by atoms with van der Waals surface area (Å²) in [4.78, 5) is 14.8. The molecule has 2 aromatic carbocycles. The molecule has 1 heterocycles. The fraction of sp³-hybridized carbons (Fsp3) is 0.381. The minimum Gasteiger partial charge on any atom is -0.326 e. The van der Waals surface area contributed by atoms with Crippen molar-refractivity contribution in [3.8, 4) is 0 Å². The fourth-order valence-electron chi connectivity index (χ4n) is 3.43. The average Bonchev–Trinajstić information content (AvgIpc) is 2.65. The first-order valence-electron chi connectivity index (χ1n) is 9.12. The standard InChI is InChI=1S/C21H24ClFN2O/c1-2-15-5-3-4-6-20(15)24-21(26)16-9-11-25(12-10-16)14-17-7-8-18(22)13-19(17)23/h3-8,13,16H,2,9-12,14H2,1H3,(H,24,26). The summed E-state index contributed by atoms with van der Waals surface area (Å²) in [6.45, 7) is 4.21. The van der Waals surface area contributed by atoms with Crippen molar-refractivity contribution >= 4 is 23.2 Å². The summed E-state index contributed by atoms with van der Waals surface area (Å²) in [5, 5.41) is 3.49. The maximum Gasteiger partial charge on any atom is 0.227 e. The summed E-state index contributed by atoms with van der Waals surface area (Å²) in [7, 11) is 0. The number of nitrogens with one attached hydrogen (secondary N) is 1. The third-order valence-electron chi connectivity index (χ3n) is 5.02. The third-order valence-corrected chi connectivity index (χ3v) is 5.26. The van der Waals surface area contributed by atoms with Gasteiger partial charge in [0.15, 0.2) is 0 Å². The van der Waals surface area contributed by atoms with E-state index in [9.17, 15) is 9.18 Å². The number of likely N-dealkylation sites (tertiary alicyclic amines) is 1. The normalized spacial score (nSPS) is 15.8. The number of carbonyl (C=O) groups excluding carboxylic acids is 1. The van der Waals surface area contributed by atoms with Crippen molar-refractivity contribution in [2.24, 2.45) is 5.92 Å². The Morgan fingerprint density at radius 3 is 2.62 bits per heavy atom. The van der Waals surface area contributed by atoms with E-state index in [0.717, 1.165) is 43.6 Å². The molecule has 5 heteroatoms. The van der Waals surface area contributed by atoms with E-state index in [0.29, 0.717) is 17.1 Å². The van der Waals surface area contributed by atoms with Gasteiger partial charge in [-0.1, -0.05) is 42.8 Å². The summed E-state index contributed by atoms with van der Waals surface area (Å²) >= 11 is 5.80. The number of hydrogen-bond acceptors (Lipinski definition) is 2. The number of anilines is 1. The molecule has 0 saturated carbocycles. The fourth-order valence-corrected chi connectivity index (χ4v) is 3.59. The zero-order chi connectivity index (χ0) is 18.5. The van der Waals surface area contributed by atoms with Gasteiger partial charge in [-0.15, -0.1) is 0 Å². The van der Waals surface area contributed by atoms with Gasteiger partial charge >= 0.3 is 0 Å². The molecule has 0 bridgehead atoms. The monoisotopic (exact) mass is 374 g/mol. The van der Waals surface area contributed by atoms with Crippen LogP contribution in [0.4, 0.5) is 10.1 Å². The van der Waals surface area contributed by atoms with Crippen LogP contribution >= 0.6 is 11.6 Å². The zero-order valence-corrected chi connectivity index (χ0v) is 15.7. The lowest BCUT2D eigenvalue weighted by Crippen LogP contribution is -2.38. The molecule has 3 rings (SSSR count). The number of amides is 1. The Labute approximate surface area is 159 Å². The Hall–Kier alpha value is -1.91. The first-order chi connectivity index (χ1) is 12.6. The molecular weight excluding hydrogens is 351 g/mol. The lowest BCUT2D eigenvalue weighted by Gasteiger charge is -2.31. The summed E-state index contributed by atoms with van der Waals surface area (Å²) in [6, 6.07) is 12.7. The van der Waals surface area contributed by atoms with Gasteiger partial charge in [-0.2, -0.15) is 0 Å². The second-order valence-corrected chi connectivity index (χ2v) is 7.22. The van der Waals surface area contributed by atoms with Crippen LogP contribution in [0.5, 0.6) is 0 Å². The molecule has 0 atom stereocenters. The Balaban J connectivity index is 1.54. The van der Waals surface area contributed by atoms with Gasteiger partial charge in [0, 0.05) is 28.7 Å². The Morgan fingerprint density at radius 1 is 1.19 bits per heavy atom. The largest absolute Gasteiger partial charge is 0.326 e. The molecule has 1 fully saturated rings. The molecule has 1 N–H and O–H groups in total. The first kappa shape index (κ1) is 18.9. The molecule has 0 radical (unpaired) electrons. The summed E-state index contributed by atoms with van der Waals surface area (Å²) in [5.41, 5.74) is 2.70. The number of hydrogen-bond donors (Lipinski definition) is 1. The van der Waals surface area contributed by atoms with Crippen LogP contribution in [-0.4, -0.2) is 23.9 Å². The summed E-state index contributed by atoms with van der Waals surface area (Å²) < 4.78 is 13.9. The number of nitrogens with zero attached hydrogens (tertiary/aromatic N) is 1. The summed E-state index contributed by atoms with van der Waals surface area (Å²) in [5.74, 6) is -0.178. The van der Waals surface area contributed by atoms with E-state index in [2.05, 4.69) is 17.1 Å². The predicted octanol–water partition coefficient (Wildman–Crippen LogP) is 4.89. The SMILES string of the molecule is CCc1ccccc1NC(=O)C1CCN(Cc2ccc(Cl)cc2F)CC1. The molecular formula is C21H24ClFN2O. The molecule has 3 nitrogen and oxygen atoms in total. The maximum atomic E-state index is 13.9. The van der Waals surface area contributed by atoms with E-state index >= 15 is 0 Å². The predicted molar refractivity (Wildman–Crippen MR) is 104 cm³/mol. The van der Waals surface area contributed by atoms with Gasteiger partial charge in [-0.25, -0.2) is 4.39 Å². The number of aryl methyl sites for hydroxylation is 1. The highest BCUT2D eigenvalue weighted by Gasteiger charge is 2.25. The van der Waals surface area contributed by atoms with Gasteiger partial charge < -0.3 is 5.32 Å². The quantitative estimate of drug-likeness (QED) is 0.807. The van der Waals surface area contributed by atoms with Crippen molar-refractivity contribution in [2.75, 3.05) is 18.4 Å². The van der Waals surface area contributed by atoms with E-state index in [-0.39, 0.29) is 17.6 Å². The topological polar surface area (TPSA) is 32.3 Å². The molecule has 1 saturated heterocycles. The second kappa shape index (κ2) is 8.65. The van der Waals surface area contributed by atoms with E-state index in [1.807, 2.05) is 24.3 Å². The van der Waals surface area contributed by atoms with Crippen molar-refractivity contribution in [1.82, 2.24) is 4.90 Å². The van der Waals surface area contributed by atoms with Gasteiger partial charge in [-0.05, 0) is 56.1 Å². The van der Waals surface area contributed by atoms with Crippen LogP contribution in [0.15, 0.2) is 42.5 Å². The highest BCUT2D eigenvalue weighted by molar-refractivity contribution is 6.30. The number of benzene rings is 2. The first-order valence-corrected chi connectivity index (χ1v) is 9.49. The Morgan fingerprint density at radius 2 is 1.92 bits per heavy atom. The van der Waals surface area contributed by atoms with Crippen molar-refractivity contribution in [3.05, 3.63) is 64.4 Å². The van der Waals surface area contributed by atoms with Gasteiger partial charge in [0.25, 0.3) is 0 Å². The molecule has 0 aliphatic carbocycles. The Kier molecular flexibility index (Phi) is 6.28. The van der Waals surface area contributed by atoms with Gasteiger partial charge in [0.1, 0.15) is 5.82 Å².